The largest absolute Gasteiger partial charge is 0.345 e. The number of carbonyl (C=O) groups is 6. The quantitative estimate of drug-likeness (QED) is 0.0994. The zero-order valence-corrected chi connectivity index (χ0v) is 33.8. The van der Waals surface area contributed by atoms with Crippen molar-refractivity contribution >= 4 is 59.0 Å². The van der Waals surface area contributed by atoms with E-state index < -0.39 is 41.4 Å². The van der Waals surface area contributed by atoms with Gasteiger partial charge in [0.15, 0.2) is 6.04 Å². The molecule has 0 radical (unpaired) electrons. The van der Waals surface area contributed by atoms with E-state index in [4.69, 9.17) is 29.6 Å². The number of nitrogens with one attached hydrogen (secondary N) is 1. The van der Waals surface area contributed by atoms with Crippen LogP contribution in [-0.4, -0.2) is 146 Å². The molecule has 292 valence electrons. The summed E-state index contributed by atoms with van der Waals surface area (Å²) in [7, 11) is 10.7. The molecule has 4 atom stereocenters. The average molecular weight is 777 g/mol. The van der Waals surface area contributed by atoms with Gasteiger partial charge in [-0.3, -0.25) is 24.0 Å². The van der Waals surface area contributed by atoms with E-state index in [0.29, 0.717) is 98.1 Å². The van der Waals surface area contributed by atoms with E-state index in [0.717, 1.165) is 5.56 Å². The molecule has 1 heterocycles. The van der Waals surface area contributed by atoms with Crippen LogP contribution in [0.3, 0.4) is 0 Å². The van der Waals surface area contributed by atoms with Crippen molar-refractivity contribution in [2.75, 3.05) is 61.9 Å². The number of hydrogen-bond donors (Lipinski definition) is 1. The van der Waals surface area contributed by atoms with E-state index in [9.17, 15) is 28.8 Å². The lowest BCUT2D eigenvalue weighted by Gasteiger charge is -2.38. The third-order valence-corrected chi connectivity index (χ3v) is 11.2. The smallest absolute Gasteiger partial charge is 0.281 e. The van der Waals surface area contributed by atoms with Crippen LogP contribution in [0.25, 0.3) is 0 Å². The molecule has 53 heavy (non-hydrogen) atoms. The van der Waals surface area contributed by atoms with E-state index in [2.05, 4.69) is 11.2 Å². The molecule has 1 saturated heterocycles. The van der Waals surface area contributed by atoms with Crippen molar-refractivity contribution < 1.29 is 33.3 Å². The van der Waals surface area contributed by atoms with Crippen LogP contribution in [0.1, 0.15) is 70.3 Å². The minimum absolute atomic E-state index is 0.170. The second kappa shape index (κ2) is 19.1. The SMILES string of the molecule is C#CC1(C(=O)N2CCCC2C(=O)NCC(=O)N(C)C(C=O)CCCCN(C)C(=O)C(CCC)N(C)C(=O)[C@H](Cc2cc(Cl)ccc2Cl)[N+](C)(C)C)CC1. The van der Waals surface area contributed by atoms with E-state index in [1.807, 2.05) is 28.1 Å². The number of likely N-dealkylation sites (N-methyl/N-ethyl adjacent to an activating group) is 4. The van der Waals surface area contributed by atoms with Gasteiger partial charge in [-0.15, -0.1) is 6.42 Å². The highest BCUT2D eigenvalue weighted by atomic mass is 35.5. The van der Waals surface area contributed by atoms with Crippen molar-refractivity contribution in [1.29, 1.82) is 0 Å². The Balaban J connectivity index is 1.51. The highest BCUT2D eigenvalue weighted by Crippen LogP contribution is 2.47. The fraction of sp³-hybridized carbons (Fsp3) is 0.641. The highest BCUT2D eigenvalue weighted by Gasteiger charge is 2.53. The van der Waals surface area contributed by atoms with Gasteiger partial charge in [-0.05, 0) is 75.1 Å². The molecule has 1 aliphatic heterocycles. The van der Waals surface area contributed by atoms with E-state index in [-0.39, 0.29) is 24.3 Å². The highest BCUT2D eigenvalue weighted by molar-refractivity contribution is 6.33. The first-order valence-electron chi connectivity index (χ1n) is 18.5. The molecular formula is C39H57Cl2N6O6+. The number of likely N-dealkylation sites (tertiary alicyclic amines) is 1. The molecular weight excluding hydrogens is 719 g/mol. The van der Waals surface area contributed by atoms with Gasteiger partial charge in [0.25, 0.3) is 5.91 Å². The number of terminal acetylenes is 1. The van der Waals surface area contributed by atoms with Crippen molar-refractivity contribution in [2.45, 2.75) is 95.3 Å². The Labute approximate surface area is 325 Å². The molecule has 1 N–H and O–H groups in total. The van der Waals surface area contributed by atoms with Gasteiger partial charge < -0.3 is 34.2 Å². The van der Waals surface area contributed by atoms with Gasteiger partial charge in [-0.25, -0.2) is 0 Å². The molecule has 3 unspecified atom stereocenters. The van der Waals surface area contributed by atoms with Crippen LogP contribution in [-0.2, 0) is 35.2 Å². The lowest BCUT2D eigenvalue weighted by atomic mass is 10.0. The van der Waals surface area contributed by atoms with Crippen LogP contribution in [0.15, 0.2) is 18.2 Å². The summed E-state index contributed by atoms with van der Waals surface area (Å²) in [4.78, 5) is 84.7. The van der Waals surface area contributed by atoms with Gasteiger partial charge >= 0.3 is 0 Å². The monoisotopic (exact) mass is 775 g/mol. The van der Waals surface area contributed by atoms with Crippen LogP contribution < -0.4 is 5.32 Å². The molecule has 1 aliphatic carbocycles. The number of hydrogen-bond acceptors (Lipinski definition) is 6. The Morgan fingerprint density at radius 1 is 1.06 bits per heavy atom. The first kappa shape index (κ1) is 43.7. The second-order valence-corrected chi connectivity index (χ2v) is 16.2. The maximum atomic E-state index is 14.0. The standard InChI is InChI=1S/C39H56Cl2N6O6/c1-9-14-32(45(5)37(52)33(47(6,7)8)24-27-23-28(40)17-18-30(27)41)36(51)43(3)21-12-11-15-29(26-48)44(4)34(49)25-42-35(50)31-16-13-22-46(31)38(53)39(10-2)19-20-39/h2,17-18,23,26,29,31-33H,9,11-16,19-22,24-25H2,1,3-8H3/p+1/t29?,31?,32?,33-/m0/s1. The maximum Gasteiger partial charge on any atom is 0.281 e. The molecule has 5 amide bonds. The van der Waals surface area contributed by atoms with Gasteiger partial charge in [0.05, 0.1) is 33.7 Å². The molecule has 3 rings (SSSR count). The summed E-state index contributed by atoms with van der Waals surface area (Å²) in [5.41, 5.74) is -0.0368. The second-order valence-electron chi connectivity index (χ2n) is 15.4. The summed E-state index contributed by atoms with van der Waals surface area (Å²) in [6.45, 7) is 2.52. The summed E-state index contributed by atoms with van der Waals surface area (Å²) < 4.78 is 0.323. The van der Waals surface area contributed by atoms with Crippen LogP contribution >= 0.6 is 23.2 Å². The van der Waals surface area contributed by atoms with E-state index in [1.165, 1.54) is 16.8 Å². The minimum atomic E-state index is -0.797. The first-order valence-corrected chi connectivity index (χ1v) is 19.2. The normalized spacial score (nSPS) is 17.9. The Hall–Kier alpha value is -3.66. The van der Waals surface area contributed by atoms with Gasteiger partial charge in [-0.2, -0.15) is 0 Å². The fourth-order valence-corrected chi connectivity index (χ4v) is 7.25. The molecule has 1 aromatic rings. The first-order chi connectivity index (χ1) is 24.9. The number of quaternary nitrogens is 1. The van der Waals surface area contributed by atoms with Gasteiger partial charge in [0.1, 0.15) is 23.8 Å². The maximum absolute atomic E-state index is 14.0. The molecule has 14 heteroatoms. The number of halogens is 2. The Morgan fingerprint density at radius 3 is 2.32 bits per heavy atom. The lowest BCUT2D eigenvalue weighted by Crippen LogP contribution is -2.59. The topological polar surface area (TPSA) is 127 Å². The molecule has 12 nitrogen and oxygen atoms in total. The molecule has 1 saturated carbocycles. The number of amides is 5. The summed E-state index contributed by atoms with van der Waals surface area (Å²) in [6, 6.07) is 2.62. The third-order valence-electron chi connectivity index (χ3n) is 10.6. The summed E-state index contributed by atoms with van der Waals surface area (Å²) in [5, 5.41) is 3.70. The summed E-state index contributed by atoms with van der Waals surface area (Å²) in [5.74, 6) is 1.21. The van der Waals surface area contributed by atoms with Crippen LogP contribution in [0.4, 0.5) is 0 Å². The van der Waals surface area contributed by atoms with Crippen molar-refractivity contribution in [3.63, 3.8) is 0 Å². The Kier molecular flexibility index (Phi) is 15.8. The summed E-state index contributed by atoms with van der Waals surface area (Å²) in [6.07, 6.45) is 11.7. The molecule has 0 aromatic heterocycles. The Bertz CT molecular complexity index is 1550. The van der Waals surface area contributed by atoms with Crippen LogP contribution in [0, 0.1) is 17.8 Å². The lowest BCUT2D eigenvalue weighted by molar-refractivity contribution is -0.886. The molecule has 1 aromatic carbocycles. The van der Waals surface area contributed by atoms with Crippen LogP contribution in [0.2, 0.25) is 10.0 Å². The van der Waals surface area contributed by atoms with Gasteiger partial charge in [-0.1, -0.05) is 42.5 Å². The van der Waals surface area contributed by atoms with Gasteiger partial charge in [0, 0.05) is 50.7 Å². The number of nitrogens with zero attached hydrogens (tertiary/aromatic N) is 5. The minimum Gasteiger partial charge on any atom is -0.345 e. The number of carbonyl (C=O) groups excluding carboxylic acids is 6. The van der Waals surface area contributed by atoms with Crippen LogP contribution in [0.5, 0.6) is 0 Å². The van der Waals surface area contributed by atoms with Crippen molar-refractivity contribution in [3.05, 3.63) is 33.8 Å². The Morgan fingerprint density at radius 2 is 1.74 bits per heavy atom. The van der Waals surface area contributed by atoms with Crippen molar-refractivity contribution in [1.82, 2.24) is 24.9 Å². The molecule has 2 fully saturated rings. The third kappa shape index (κ3) is 11.2. The predicted molar refractivity (Wildman–Crippen MR) is 206 cm³/mol. The molecule has 0 bridgehead atoms. The van der Waals surface area contributed by atoms with E-state index in [1.54, 1.807) is 42.1 Å². The average Bonchev–Trinajstić information content (AvgIpc) is 3.78. The van der Waals surface area contributed by atoms with Crippen molar-refractivity contribution in [2.24, 2.45) is 5.41 Å². The molecule has 0 spiro atoms. The fourth-order valence-electron chi connectivity index (χ4n) is 6.86. The zero-order chi connectivity index (χ0) is 39.7. The summed E-state index contributed by atoms with van der Waals surface area (Å²) >= 11 is 12.7. The van der Waals surface area contributed by atoms with E-state index >= 15 is 0 Å². The zero-order valence-electron chi connectivity index (χ0n) is 32.3. The predicted octanol–water partition coefficient (Wildman–Crippen LogP) is 3.41. The number of unbranched alkanes of at least 4 members (excludes halogenated alkanes) is 1. The molecule has 2 aliphatic rings. The number of rotatable bonds is 19. The number of benzene rings is 1. The van der Waals surface area contributed by atoms with Gasteiger partial charge in [0.2, 0.25) is 23.6 Å². The number of aldehydes is 1. The van der Waals surface area contributed by atoms with Crippen molar-refractivity contribution in [3.8, 4) is 12.3 Å².